The van der Waals surface area contributed by atoms with Gasteiger partial charge in [-0.1, -0.05) is 42.5 Å². The van der Waals surface area contributed by atoms with Gasteiger partial charge >= 0.3 is 0 Å². The second-order valence-corrected chi connectivity index (χ2v) is 9.11. The molecule has 1 N–H and O–H groups in total. The maximum absolute atomic E-state index is 13.3. The van der Waals surface area contributed by atoms with Gasteiger partial charge in [-0.2, -0.15) is 0 Å². The van der Waals surface area contributed by atoms with Crippen molar-refractivity contribution in [3.63, 3.8) is 0 Å². The van der Waals surface area contributed by atoms with Gasteiger partial charge in [0.1, 0.15) is 23.9 Å². The summed E-state index contributed by atoms with van der Waals surface area (Å²) >= 11 is 0. The first kappa shape index (κ1) is 24.6. The minimum atomic E-state index is -0.748. The summed E-state index contributed by atoms with van der Waals surface area (Å²) in [5, 5.41) is 11.4. The summed E-state index contributed by atoms with van der Waals surface area (Å²) in [6.07, 6.45) is 1.28. The predicted molar refractivity (Wildman–Crippen MR) is 138 cm³/mol. The zero-order chi connectivity index (χ0) is 25.8. The molecule has 190 valence electrons. The number of hydrogen-bond acceptors (Lipinski definition) is 6. The highest BCUT2D eigenvalue weighted by molar-refractivity contribution is 6.46. The van der Waals surface area contributed by atoms with Gasteiger partial charge in [0.05, 0.1) is 18.2 Å². The van der Waals surface area contributed by atoms with E-state index in [4.69, 9.17) is 14.2 Å². The van der Waals surface area contributed by atoms with Crippen LogP contribution in [-0.2, 0) is 27.4 Å². The summed E-state index contributed by atoms with van der Waals surface area (Å²) < 4.78 is 16.8. The van der Waals surface area contributed by atoms with Crippen LogP contribution >= 0.6 is 0 Å². The molecule has 2 heterocycles. The molecule has 0 aliphatic carbocycles. The number of Topliss-reactive ketones (excluding diaryl/α,β-unsaturated/α-hetero) is 1. The Morgan fingerprint density at radius 3 is 2.70 bits per heavy atom. The van der Waals surface area contributed by atoms with Crippen LogP contribution in [0, 0.1) is 0 Å². The van der Waals surface area contributed by atoms with Crippen molar-refractivity contribution in [2.24, 2.45) is 0 Å². The van der Waals surface area contributed by atoms with Crippen LogP contribution in [0.25, 0.3) is 5.76 Å². The first-order chi connectivity index (χ1) is 18.1. The zero-order valence-electron chi connectivity index (χ0n) is 20.7. The number of ketones is 1. The normalized spacial score (nSPS) is 18.1. The number of hydrogen-bond donors (Lipinski definition) is 1. The number of methoxy groups -OCH3 is 1. The molecule has 1 saturated heterocycles. The van der Waals surface area contributed by atoms with Gasteiger partial charge in [0, 0.05) is 32.2 Å². The molecular weight excluding hydrogens is 470 g/mol. The van der Waals surface area contributed by atoms with Gasteiger partial charge in [0.2, 0.25) is 0 Å². The Kier molecular flexibility index (Phi) is 7.23. The number of amides is 1. The molecular formula is C30H29NO6. The monoisotopic (exact) mass is 499 g/mol. The fourth-order valence-corrected chi connectivity index (χ4v) is 4.84. The van der Waals surface area contributed by atoms with Crippen LogP contribution in [0.15, 0.2) is 78.4 Å². The fourth-order valence-electron chi connectivity index (χ4n) is 4.84. The molecule has 5 rings (SSSR count). The number of benzene rings is 3. The van der Waals surface area contributed by atoms with Crippen molar-refractivity contribution in [1.82, 2.24) is 4.90 Å². The van der Waals surface area contributed by atoms with Crippen molar-refractivity contribution >= 4 is 17.4 Å². The largest absolute Gasteiger partial charge is 0.507 e. The van der Waals surface area contributed by atoms with E-state index in [2.05, 4.69) is 0 Å². The minimum absolute atomic E-state index is 0.0708. The summed E-state index contributed by atoms with van der Waals surface area (Å²) in [5.74, 6) is -0.146. The number of carbonyl (C=O) groups excluding carboxylic acids is 2. The van der Waals surface area contributed by atoms with E-state index in [9.17, 15) is 14.7 Å². The Morgan fingerprint density at radius 1 is 1.05 bits per heavy atom. The van der Waals surface area contributed by atoms with Crippen LogP contribution in [0.4, 0.5) is 0 Å². The number of nitrogens with zero attached hydrogens (tertiary/aromatic N) is 1. The molecule has 0 aromatic heterocycles. The smallest absolute Gasteiger partial charge is 0.295 e. The number of carbonyl (C=O) groups is 2. The highest BCUT2D eigenvalue weighted by Crippen LogP contribution is 2.41. The maximum Gasteiger partial charge on any atom is 0.295 e. The summed E-state index contributed by atoms with van der Waals surface area (Å²) in [6.45, 7) is 1.72. The third-order valence-electron chi connectivity index (χ3n) is 6.67. The molecule has 2 aliphatic rings. The highest BCUT2D eigenvalue weighted by atomic mass is 16.5. The Balaban J connectivity index is 1.52. The third kappa shape index (κ3) is 5.08. The van der Waals surface area contributed by atoms with Crippen LogP contribution in [0.3, 0.4) is 0 Å². The lowest BCUT2D eigenvalue weighted by atomic mass is 9.94. The summed E-state index contributed by atoms with van der Waals surface area (Å²) in [5.41, 5.74) is 3.24. The molecule has 3 aromatic rings. The average molecular weight is 500 g/mol. The maximum atomic E-state index is 13.3. The predicted octanol–water partition coefficient (Wildman–Crippen LogP) is 4.66. The molecule has 37 heavy (non-hydrogen) atoms. The molecule has 1 amide bonds. The molecule has 1 unspecified atom stereocenters. The lowest BCUT2D eigenvalue weighted by Gasteiger charge is -2.25. The van der Waals surface area contributed by atoms with Crippen LogP contribution in [0.5, 0.6) is 11.5 Å². The Hall–Kier alpha value is -4.10. The standard InChI is InChI=1S/C30H29NO6/c1-35-15-6-14-31-27(22-9-5-10-24(18-22)37-19-20-7-3-2-4-8-20)26(29(33)30(31)34)28(32)23-11-12-25-21(17-23)13-16-36-25/h2-5,7-12,17-18,27,32H,6,13-16,19H2,1H3/b28-26-. The van der Waals surface area contributed by atoms with Gasteiger partial charge < -0.3 is 24.2 Å². The van der Waals surface area contributed by atoms with E-state index in [1.807, 2.05) is 60.7 Å². The topological polar surface area (TPSA) is 85.3 Å². The van der Waals surface area contributed by atoms with Gasteiger partial charge in [0.15, 0.2) is 0 Å². The molecule has 7 heteroatoms. The Bertz CT molecular complexity index is 1330. The molecule has 0 bridgehead atoms. The molecule has 1 atom stereocenters. The second kappa shape index (κ2) is 10.9. The fraction of sp³-hybridized carbons (Fsp3) is 0.267. The third-order valence-corrected chi connectivity index (χ3v) is 6.67. The van der Waals surface area contributed by atoms with E-state index in [1.54, 1.807) is 19.2 Å². The van der Waals surface area contributed by atoms with E-state index in [-0.39, 0.29) is 11.3 Å². The minimum Gasteiger partial charge on any atom is -0.507 e. The molecule has 3 aromatic carbocycles. The summed E-state index contributed by atoms with van der Waals surface area (Å²) in [6, 6.07) is 21.7. The zero-order valence-corrected chi connectivity index (χ0v) is 20.7. The molecule has 0 spiro atoms. The lowest BCUT2D eigenvalue weighted by molar-refractivity contribution is -0.140. The van der Waals surface area contributed by atoms with Crippen LogP contribution in [-0.4, -0.2) is 48.6 Å². The van der Waals surface area contributed by atoms with E-state index in [0.29, 0.717) is 49.7 Å². The van der Waals surface area contributed by atoms with Crippen LogP contribution in [0.2, 0.25) is 0 Å². The van der Waals surface area contributed by atoms with Gasteiger partial charge in [0.25, 0.3) is 11.7 Å². The SMILES string of the molecule is COCCCN1C(=O)C(=O)/C(=C(\O)c2ccc3c(c2)CCO3)C1c1cccc(OCc2ccccc2)c1. The van der Waals surface area contributed by atoms with Gasteiger partial charge in [-0.3, -0.25) is 9.59 Å². The van der Waals surface area contributed by atoms with Crippen molar-refractivity contribution in [3.05, 3.63) is 101 Å². The number of ether oxygens (including phenoxy) is 3. The van der Waals surface area contributed by atoms with Crippen molar-refractivity contribution in [1.29, 1.82) is 0 Å². The molecule has 1 fully saturated rings. The second-order valence-electron chi connectivity index (χ2n) is 9.11. The van der Waals surface area contributed by atoms with Crippen molar-refractivity contribution in [2.45, 2.75) is 25.5 Å². The summed E-state index contributed by atoms with van der Waals surface area (Å²) in [7, 11) is 1.59. The highest BCUT2D eigenvalue weighted by Gasteiger charge is 2.46. The van der Waals surface area contributed by atoms with Gasteiger partial charge in [-0.05, 0) is 53.4 Å². The number of likely N-dealkylation sites (tertiary alicyclic amines) is 1. The lowest BCUT2D eigenvalue weighted by Crippen LogP contribution is -2.31. The van der Waals surface area contributed by atoms with Crippen LogP contribution < -0.4 is 9.47 Å². The van der Waals surface area contributed by atoms with Crippen molar-refractivity contribution < 1.29 is 28.9 Å². The van der Waals surface area contributed by atoms with E-state index in [0.717, 1.165) is 23.3 Å². The van der Waals surface area contributed by atoms with Crippen molar-refractivity contribution in [2.75, 3.05) is 26.9 Å². The quantitative estimate of drug-likeness (QED) is 0.200. The summed E-state index contributed by atoms with van der Waals surface area (Å²) in [4.78, 5) is 27.9. The van der Waals surface area contributed by atoms with E-state index < -0.39 is 17.7 Å². The Morgan fingerprint density at radius 2 is 1.89 bits per heavy atom. The van der Waals surface area contributed by atoms with E-state index in [1.165, 1.54) is 4.90 Å². The molecule has 0 radical (unpaired) electrons. The molecule has 2 aliphatic heterocycles. The van der Waals surface area contributed by atoms with Gasteiger partial charge in [-0.25, -0.2) is 0 Å². The van der Waals surface area contributed by atoms with Crippen LogP contribution in [0.1, 0.15) is 34.7 Å². The number of aliphatic hydroxyl groups is 1. The number of rotatable bonds is 9. The number of aliphatic hydroxyl groups excluding tert-OH is 1. The Labute approximate surface area is 215 Å². The first-order valence-electron chi connectivity index (χ1n) is 12.4. The van der Waals surface area contributed by atoms with Gasteiger partial charge in [-0.15, -0.1) is 0 Å². The average Bonchev–Trinajstić information content (AvgIpc) is 3.50. The van der Waals surface area contributed by atoms with Crippen molar-refractivity contribution in [3.8, 4) is 11.5 Å². The number of fused-ring (bicyclic) bond motifs is 1. The molecule has 7 nitrogen and oxygen atoms in total. The first-order valence-corrected chi connectivity index (χ1v) is 12.4. The molecule has 0 saturated carbocycles. The van der Waals surface area contributed by atoms with E-state index >= 15 is 0 Å².